The van der Waals surface area contributed by atoms with Crippen molar-refractivity contribution in [3.63, 3.8) is 0 Å². The highest BCUT2D eigenvalue weighted by atomic mass is 16.3. The number of fused-ring (bicyclic) bond motifs is 11. The quantitative estimate of drug-likeness (QED) is 0.173. The molecule has 3 nitrogen and oxygen atoms in total. The molecule has 2 heterocycles. The molecule has 2 aromatic heterocycles. The van der Waals surface area contributed by atoms with E-state index in [9.17, 15) is 0 Å². The first kappa shape index (κ1) is 34.9. The van der Waals surface area contributed by atoms with E-state index in [2.05, 4.69) is 230 Å². The molecular weight excluding hydrogens is 753 g/mol. The van der Waals surface area contributed by atoms with E-state index in [0.29, 0.717) is 0 Å². The molecule has 3 heteroatoms. The molecule has 0 spiro atoms. The van der Waals surface area contributed by atoms with Crippen molar-refractivity contribution in [3.8, 4) is 27.9 Å². The maximum Gasteiger partial charge on any atom is 0.137 e. The van der Waals surface area contributed by atoms with Crippen molar-refractivity contribution in [2.45, 2.75) is 19.3 Å². The van der Waals surface area contributed by atoms with E-state index in [-0.39, 0.29) is 5.41 Å². The minimum Gasteiger partial charge on any atom is -0.456 e. The van der Waals surface area contributed by atoms with Gasteiger partial charge in [-0.25, -0.2) is 0 Å². The molecule has 0 N–H and O–H groups in total. The molecule has 12 aromatic rings. The maximum atomic E-state index is 6.75. The van der Waals surface area contributed by atoms with Crippen molar-refractivity contribution >= 4 is 82.4 Å². The van der Waals surface area contributed by atoms with Gasteiger partial charge in [0, 0.05) is 38.5 Å². The highest BCUT2D eigenvalue weighted by molar-refractivity contribution is 6.17. The van der Waals surface area contributed by atoms with Crippen molar-refractivity contribution in [2.75, 3.05) is 4.90 Å². The zero-order chi connectivity index (χ0) is 41.1. The number of nitrogens with zero attached hydrogens (tertiary/aromatic N) is 2. The summed E-state index contributed by atoms with van der Waals surface area (Å²) in [7, 11) is 0. The average molecular weight is 793 g/mol. The van der Waals surface area contributed by atoms with Crippen LogP contribution in [0.3, 0.4) is 0 Å². The number of para-hydroxylation sites is 1. The van der Waals surface area contributed by atoms with E-state index in [0.717, 1.165) is 55.8 Å². The Bertz CT molecular complexity index is 3790. The second kappa shape index (κ2) is 13.1. The lowest BCUT2D eigenvalue weighted by atomic mass is 9.82. The summed E-state index contributed by atoms with van der Waals surface area (Å²) in [4.78, 5) is 2.47. The summed E-state index contributed by atoms with van der Waals surface area (Å²) in [6.45, 7) is 4.71. The third-order valence-corrected chi connectivity index (χ3v) is 13.5. The third kappa shape index (κ3) is 5.06. The van der Waals surface area contributed by atoms with Crippen molar-refractivity contribution in [1.29, 1.82) is 0 Å². The molecule has 0 fully saturated rings. The van der Waals surface area contributed by atoms with E-state index in [4.69, 9.17) is 4.42 Å². The van der Waals surface area contributed by atoms with Crippen LogP contribution in [0.4, 0.5) is 17.1 Å². The molecule has 0 saturated heterocycles. The van der Waals surface area contributed by atoms with Crippen LogP contribution in [0, 0.1) is 0 Å². The molecule has 0 amide bonds. The van der Waals surface area contributed by atoms with Gasteiger partial charge in [0.2, 0.25) is 0 Å². The first-order valence-electron chi connectivity index (χ1n) is 21.5. The molecule has 0 radical (unpaired) electrons. The summed E-state index contributed by atoms with van der Waals surface area (Å²) in [5.41, 5.74) is 16.1. The summed E-state index contributed by atoms with van der Waals surface area (Å²) >= 11 is 0. The van der Waals surface area contributed by atoms with Gasteiger partial charge >= 0.3 is 0 Å². The van der Waals surface area contributed by atoms with Crippen LogP contribution in [0.1, 0.15) is 25.0 Å². The van der Waals surface area contributed by atoms with Gasteiger partial charge in [-0.05, 0) is 128 Å². The van der Waals surface area contributed by atoms with Crippen LogP contribution in [0.5, 0.6) is 0 Å². The van der Waals surface area contributed by atoms with Crippen molar-refractivity contribution in [2.24, 2.45) is 0 Å². The Kier molecular flexibility index (Phi) is 7.36. The van der Waals surface area contributed by atoms with Crippen LogP contribution in [0.2, 0.25) is 0 Å². The number of hydrogen-bond donors (Lipinski definition) is 0. The van der Waals surface area contributed by atoms with Gasteiger partial charge in [-0.1, -0.05) is 141 Å². The number of rotatable bonds is 5. The molecule has 0 unspecified atom stereocenters. The lowest BCUT2D eigenvalue weighted by Gasteiger charge is -2.29. The van der Waals surface area contributed by atoms with Gasteiger partial charge in [-0.3, -0.25) is 0 Å². The molecule has 1 aliphatic rings. The monoisotopic (exact) mass is 792 g/mol. The van der Waals surface area contributed by atoms with E-state index in [1.54, 1.807) is 0 Å². The highest BCUT2D eigenvalue weighted by Crippen LogP contribution is 2.55. The Morgan fingerprint density at radius 1 is 0.435 bits per heavy atom. The van der Waals surface area contributed by atoms with Crippen LogP contribution in [-0.4, -0.2) is 4.57 Å². The van der Waals surface area contributed by atoms with Crippen molar-refractivity contribution in [3.05, 3.63) is 217 Å². The highest BCUT2D eigenvalue weighted by Gasteiger charge is 2.38. The number of furan rings is 1. The minimum absolute atomic E-state index is 0.137. The molecule has 62 heavy (non-hydrogen) atoms. The predicted molar refractivity (Wildman–Crippen MR) is 261 cm³/mol. The molecule has 0 saturated carbocycles. The molecule has 13 rings (SSSR count). The number of benzene rings is 10. The summed E-state index contributed by atoms with van der Waals surface area (Å²) in [5, 5.41) is 9.55. The Labute approximate surface area is 359 Å². The van der Waals surface area contributed by atoms with Crippen molar-refractivity contribution < 1.29 is 4.42 Å². The molecule has 0 bridgehead atoms. The molecule has 0 aliphatic heterocycles. The first-order chi connectivity index (χ1) is 30.5. The first-order valence-corrected chi connectivity index (χ1v) is 21.5. The molecular formula is C59H40N2O. The van der Waals surface area contributed by atoms with E-state index in [1.807, 2.05) is 0 Å². The average Bonchev–Trinajstić information content (AvgIpc) is 3.93. The van der Waals surface area contributed by atoms with Crippen LogP contribution in [0.15, 0.2) is 211 Å². The SMILES string of the molecule is CC1(C)c2ccccc2-c2c(N(c3ccc4ccccc4c3)c3cccc4oc5ccc(-c6ccc7c(c6)c6cc8ccccc8cc6n7-c6ccccc6)cc5c34)cccc21. The zero-order valence-corrected chi connectivity index (χ0v) is 34.4. The van der Waals surface area contributed by atoms with Crippen LogP contribution in [0.25, 0.3) is 93.2 Å². The topological polar surface area (TPSA) is 21.3 Å². The van der Waals surface area contributed by atoms with Gasteiger partial charge in [-0.15, -0.1) is 0 Å². The number of aromatic nitrogens is 1. The summed E-state index contributed by atoms with van der Waals surface area (Å²) in [6, 6.07) is 75.5. The van der Waals surface area contributed by atoms with Crippen molar-refractivity contribution in [1.82, 2.24) is 4.57 Å². The Morgan fingerprint density at radius 2 is 1.08 bits per heavy atom. The predicted octanol–water partition coefficient (Wildman–Crippen LogP) is 16.4. The lowest BCUT2D eigenvalue weighted by Crippen LogP contribution is -2.16. The summed E-state index contributed by atoms with van der Waals surface area (Å²) < 4.78 is 9.15. The largest absolute Gasteiger partial charge is 0.456 e. The van der Waals surface area contributed by atoms with Crippen LogP contribution < -0.4 is 4.90 Å². The van der Waals surface area contributed by atoms with Gasteiger partial charge in [0.25, 0.3) is 0 Å². The normalized spacial score (nSPS) is 13.1. The van der Waals surface area contributed by atoms with Gasteiger partial charge < -0.3 is 13.9 Å². The third-order valence-electron chi connectivity index (χ3n) is 13.5. The van der Waals surface area contributed by atoms with E-state index >= 15 is 0 Å². The second-order valence-electron chi connectivity index (χ2n) is 17.3. The molecule has 0 atom stereocenters. The summed E-state index contributed by atoms with van der Waals surface area (Å²) in [6.07, 6.45) is 0. The Balaban J connectivity index is 1.05. The van der Waals surface area contributed by atoms with E-state index in [1.165, 1.54) is 65.6 Å². The van der Waals surface area contributed by atoms with Gasteiger partial charge in [0.05, 0.1) is 27.8 Å². The minimum atomic E-state index is -0.137. The number of anilines is 3. The maximum absolute atomic E-state index is 6.75. The standard InChI is InChI=1S/C59H40N2O/c1-59(2)49-21-11-10-20-45(49)57-50(59)22-12-23-52(57)61(44-29-26-37-14-6-7-15-38(37)32-44)53-24-13-25-56-58(53)48-35-42(28-31-55(48)62-56)41-27-30-51-46(34-41)47-33-39-16-8-9-17-40(39)36-54(47)60(51)43-18-4-3-5-19-43/h3-36H,1-2H3. The summed E-state index contributed by atoms with van der Waals surface area (Å²) in [5.74, 6) is 0. The smallest absolute Gasteiger partial charge is 0.137 e. The lowest BCUT2D eigenvalue weighted by molar-refractivity contribution is 0.660. The fraction of sp³-hybridized carbons (Fsp3) is 0.0508. The zero-order valence-electron chi connectivity index (χ0n) is 34.4. The van der Waals surface area contributed by atoms with Gasteiger partial charge in [0.1, 0.15) is 11.2 Å². The van der Waals surface area contributed by atoms with Gasteiger partial charge in [-0.2, -0.15) is 0 Å². The molecule has 292 valence electrons. The van der Waals surface area contributed by atoms with Crippen LogP contribution >= 0.6 is 0 Å². The Hall–Kier alpha value is -7.88. The molecule has 10 aromatic carbocycles. The fourth-order valence-corrected chi connectivity index (χ4v) is 10.6. The van der Waals surface area contributed by atoms with Gasteiger partial charge in [0.15, 0.2) is 0 Å². The fourth-order valence-electron chi connectivity index (χ4n) is 10.6. The molecule has 1 aliphatic carbocycles. The second-order valence-corrected chi connectivity index (χ2v) is 17.3. The number of hydrogen-bond acceptors (Lipinski definition) is 2. The van der Waals surface area contributed by atoms with Crippen LogP contribution in [-0.2, 0) is 5.41 Å². The Morgan fingerprint density at radius 3 is 1.92 bits per heavy atom. The van der Waals surface area contributed by atoms with E-state index < -0.39 is 0 Å².